The van der Waals surface area contributed by atoms with Gasteiger partial charge in [-0.3, -0.25) is 5.04 Å². The highest BCUT2D eigenvalue weighted by Crippen LogP contribution is 2.35. The lowest BCUT2D eigenvalue weighted by molar-refractivity contribution is -0.777. The van der Waals surface area contributed by atoms with Gasteiger partial charge in [-0.1, -0.05) is 0 Å². The van der Waals surface area contributed by atoms with Crippen molar-refractivity contribution in [2.45, 2.75) is 53.3 Å². The van der Waals surface area contributed by atoms with E-state index in [-0.39, 0.29) is 0 Å². The predicted molar refractivity (Wildman–Crippen MR) is 87.5 cm³/mol. The van der Waals surface area contributed by atoms with E-state index in [1.54, 1.807) is 0 Å². The van der Waals surface area contributed by atoms with Crippen LogP contribution < -0.4 is 5.26 Å². The van der Waals surface area contributed by atoms with Crippen LogP contribution in [-0.2, 0) is 58.2 Å². The third kappa shape index (κ3) is 7.77. The molecule has 1 fully saturated rings. The Balaban J connectivity index is 3.17. The number of hydrogen-bond acceptors (Lipinski definition) is 16. The van der Waals surface area contributed by atoms with Crippen LogP contribution in [0.15, 0.2) is 0 Å². The maximum absolute atomic E-state index is 13.5. The molecule has 0 aromatic carbocycles. The lowest BCUT2D eigenvalue weighted by Gasteiger charge is -2.35. The van der Waals surface area contributed by atoms with Crippen molar-refractivity contribution < 1.29 is 95.5 Å². The average Bonchev–Trinajstić information content (AvgIpc) is 2.70. The zero-order chi connectivity index (χ0) is 28.3. The van der Waals surface area contributed by atoms with Crippen molar-refractivity contribution in [3.63, 3.8) is 0 Å². The Labute approximate surface area is 199 Å². The van der Waals surface area contributed by atoms with E-state index in [9.17, 15) is 71.9 Å². The van der Waals surface area contributed by atoms with E-state index in [1.165, 1.54) is 0 Å². The normalized spacial score (nSPS) is 22.0. The van der Waals surface area contributed by atoms with Gasteiger partial charge < -0.3 is 28.6 Å². The molecule has 0 amide bonds. The molecule has 24 heteroatoms. The van der Waals surface area contributed by atoms with Gasteiger partial charge in [0.05, 0.1) is 0 Å². The van der Waals surface area contributed by atoms with E-state index in [0.717, 1.165) is 0 Å². The van der Waals surface area contributed by atoms with Crippen LogP contribution in [0.25, 0.3) is 0 Å². The van der Waals surface area contributed by atoms with Crippen molar-refractivity contribution in [1.82, 2.24) is 0 Å². The molecule has 15 nitrogen and oxygen atoms in total. The van der Waals surface area contributed by atoms with Crippen molar-refractivity contribution in [2.24, 2.45) is 0 Å². The Morgan fingerprint density at radius 1 is 0.694 bits per heavy atom. The molecule has 0 aromatic heterocycles. The number of esters is 3. The third-order valence-electron chi connectivity index (χ3n) is 3.91. The molecule has 0 radical (unpaired) electrons. The summed E-state index contributed by atoms with van der Waals surface area (Å²) in [5.74, 6) is -8.66. The van der Waals surface area contributed by atoms with Crippen molar-refractivity contribution in [3.05, 3.63) is 0 Å². The highest BCUT2D eigenvalue weighted by atomic mass is 32.2. The highest BCUT2D eigenvalue weighted by Gasteiger charge is 2.53. The van der Waals surface area contributed by atoms with Crippen molar-refractivity contribution >= 4 is 50.2 Å². The minimum Gasteiger partial charge on any atom is -0.743 e. The summed E-state index contributed by atoms with van der Waals surface area (Å²) in [5.41, 5.74) is 0. The average molecular weight is 603 g/mol. The first-order valence-corrected chi connectivity index (χ1v) is 11.9. The Bertz CT molecular complexity index is 996. The first-order chi connectivity index (χ1) is 16.1. The summed E-state index contributed by atoms with van der Waals surface area (Å²) < 4.78 is 159. The van der Waals surface area contributed by atoms with Crippen LogP contribution in [-0.4, -0.2) is 77.9 Å². The van der Waals surface area contributed by atoms with E-state index in [1.807, 2.05) is 0 Å². The largest absolute Gasteiger partial charge is 0.743 e. The second-order valence-corrected chi connectivity index (χ2v) is 10.1. The quantitative estimate of drug-likeness (QED) is 0.0504. The number of ether oxygens (including phenoxy) is 3. The Kier molecular flexibility index (Phi) is 9.97. The minimum absolute atomic E-state index is 1.07. The monoisotopic (exact) mass is 603 g/mol. The Morgan fingerprint density at radius 3 is 1.28 bits per heavy atom. The molecule has 1 aliphatic carbocycles. The summed E-state index contributed by atoms with van der Waals surface area (Å²) in [6, 6.07) is 0. The molecule has 0 aromatic rings. The van der Waals surface area contributed by atoms with E-state index in [2.05, 4.69) is 23.6 Å². The van der Waals surface area contributed by atoms with Gasteiger partial charge in [-0.05, 0) is 0 Å². The first kappa shape index (κ1) is 32.1. The molecule has 210 valence electrons. The van der Waals surface area contributed by atoms with Gasteiger partial charge in [0.25, 0.3) is 0 Å². The van der Waals surface area contributed by atoms with E-state index >= 15 is 0 Å². The fraction of sp³-hybridized carbons (Fsp3) is 0.750. The third-order valence-corrected chi connectivity index (χ3v) is 5.99. The van der Waals surface area contributed by atoms with Gasteiger partial charge in [0.15, 0.2) is 20.2 Å². The van der Waals surface area contributed by atoms with Gasteiger partial charge in [-0.2, -0.15) is 30.7 Å². The molecule has 0 N–H and O–H groups in total. The second kappa shape index (κ2) is 11.2. The van der Waals surface area contributed by atoms with Gasteiger partial charge in [0.2, 0.25) is 0 Å². The zero-order valence-corrected chi connectivity index (χ0v) is 18.9. The predicted octanol–water partition coefficient (Wildman–Crippen LogP) is -1.35. The molecule has 36 heavy (non-hydrogen) atoms. The molecular formula is C12H9F6O15S3-3. The summed E-state index contributed by atoms with van der Waals surface area (Å²) in [6.07, 6.45) is -9.82. The molecule has 0 heterocycles. The lowest BCUT2D eigenvalue weighted by Crippen LogP contribution is -2.47. The van der Waals surface area contributed by atoms with Gasteiger partial charge in [-0.25, -0.2) is 31.2 Å². The molecule has 0 saturated heterocycles. The van der Waals surface area contributed by atoms with E-state index in [4.69, 9.17) is 0 Å². The van der Waals surface area contributed by atoms with Crippen LogP contribution in [0.2, 0.25) is 0 Å². The molecule has 0 aliphatic heterocycles. The Hall–Kier alpha value is -1.96. The van der Waals surface area contributed by atoms with Crippen LogP contribution in [0.5, 0.6) is 0 Å². The summed E-state index contributed by atoms with van der Waals surface area (Å²) in [4.78, 5) is 34.4. The minimum atomic E-state index is -6.66. The zero-order valence-electron chi connectivity index (χ0n) is 16.5. The molecular weight excluding hydrogens is 594 g/mol. The molecule has 2 unspecified atom stereocenters. The number of alkyl halides is 6. The van der Waals surface area contributed by atoms with Crippen molar-refractivity contribution in [2.75, 3.05) is 0 Å². The van der Waals surface area contributed by atoms with Gasteiger partial charge in [-0.15, -0.1) is 0 Å². The van der Waals surface area contributed by atoms with Crippen LogP contribution in [0.4, 0.5) is 26.3 Å². The van der Waals surface area contributed by atoms with Crippen LogP contribution in [0, 0.1) is 0 Å². The van der Waals surface area contributed by atoms with E-state index in [0.29, 0.717) is 0 Å². The number of halogens is 6. The second-order valence-electron chi connectivity index (χ2n) is 6.47. The van der Waals surface area contributed by atoms with E-state index < -0.39 is 104 Å². The van der Waals surface area contributed by atoms with Gasteiger partial charge >= 0.3 is 33.7 Å². The number of carbonyl (C=O) groups excluding carboxylic acids is 3. The van der Waals surface area contributed by atoms with Crippen molar-refractivity contribution in [1.29, 1.82) is 0 Å². The molecule has 1 saturated carbocycles. The molecule has 1 aliphatic rings. The van der Waals surface area contributed by atoms with Crippen LogP contribution in [0.3, 0.4) is 0 Å². The molecule has 0 spiro atoms. The Morgan fingerprint density at radius 2 is 1.00 bits per heavy atom. The van der Waals surface area contributed by atoms with Gasteiger partial charge in [0, 0.05) is 19.3 Å². The summed E-state index contributed by atoms with van der Waals surface area (Å²) in [6.45, 7) is 0. The van der Waals surface area contributed by atoms with Crippen molar-refractivity contribution in [3.8, 4) is 0 Å². The lowest BCUT2D eigenvalue weighted by atomic mass is 9.92. The van der Waals surface area contributed by atoms with Gasteiger partial charge in [0.1, 0.15) is 30.4 Å². The summed E-state index contributed by atoms with van der Waals surface area (Å²) >= 11 is -1.20. The smallest absolute Gasteiger partial charge is 0.428 e. The maximum Gasteiger partial charge on any atom is 0.428 e. The highest BCUT2D eigenvalue weighted by molar-refractivity contribution is 7.96. The summed E-state index contributed by atoms with van der Waals surface area (Å²) in [7, 11) is -13.3. The molecule has 2 atom stereocenters. The molecule has 0 bridgehead atoms. The fourth-order valence-electron chi connectivity index (χ4n) is 2.41. The molecule has 1 rings (SSSR count). The topological polar surface area (TPSA) is 235 Å². The first-order valence-electron chi connectivity index (χ1n) is 8.38. The van der Waals surface area contributed by atoms with Crippen LogP contribution in [0.1, 0.15) is 19.3 Å². The maximum atomic E-state index is 13.5. The standard InChI is InChI=1S/C12H12F6O15S3/c13-10(14,34-33-32-22)7(19)29-4-1-5(30-8(20)11(15,16)35(23,24)25)3-6(2-4)31-9(21)12(17,18)36(26,27)28/h4-6,22H,1-3H2,(H,23,24,25)(H,26,27,28)/p-3. The SMILES string of the molecule is O=C(OC1CC(OC(=O)C(F)(F)S(=O)(=O)[O-])CC(OC(=O)C(F)(F)S(=O)(=O)[O-])C1)C(F)(F)SOO[O-]. The number of carbonyl (C=O) groups is 3. The van der Waals surface area contributed by atoms with Crippen LogP contribution >= 0.6 is 12.0 Å². The number of hydrogen-bond donors (Lipinski definition) is 0. The summed E-state index contributed by atoms with van der Waals surface area (Å²) in [5, 5.41) is -3.97. The fourth-order valence-corrected chi connectivity index (χ4v) is 3.15. The number of rotatable bonds is 11.